The average molecular weight is 230 g/mol. The maximum atomic E-state index is 9.83. The predicted molar refractivity (Wildman–Crippen MR) is 70.0 cm³/mol. The summed E-state index contributed by atoms with van der Waals surface area (Å²) < 4.78 is 0. The van der Waals surface area contributed by atoms with E-state index in [1.54, 1.807) is 0 Å². The van der Waals surface area contributed by atoms with Gasteiger partial charge in [0.05, 0.1) is 0 Å². The van der Waals surface area contributed by atoms with Crippen LogP contribution in [0.1, 0.15) is 23.7 Å². The van der Waals surface area contributed by atoms with Gasteiger partial charge < -0.3 is 5.11 Å². The van der Waals surface area contributed by atoms with Crippen LogP contribution >= 0.6 is 11.8 Å². The van der Waals surface area contributed by atoms with Crippen LogP contribution < -0.4 is 0 Å². The van der Waals surface area contributed by atoms with Gasteiger partial charge in [-0.1, -0.05) is 30.3 Å². The second-order valence-electron chi connectivity index (χ2n) is 4.22. The van der Waals surface area contributed by atoms with Crippen LogP contribution in [0.5, 0.6) is 5.75 Å². The van der Waals surface area contributed by atoms with Crippen LogP contribution in [0.25, 0.3) is 10.8 Å². The minimum atomic E-state index is 0.391. The number of benzene rings is 2. The molecule has 3 rings (SSSR count). The van der Waals surface area contributed by atoms with Crippen LogP contribution in [0, 0.1) is 0 Å². The summed E-state index contributed by atoms with van der Waals surface area (Å²) in [6, 6.07) is 12.0. The summed E-state index contributed by atoms with van der Waals surface area (Å²) in [6.07, 6.45) is 2.57. The van der Waals surface area contributed by atoms with E-state index in [9.17, 15) is 5.11 Å². The second kappa shape index (κ2) is 4.02. The molecule has 1 heterocycles. The molecule has 1 atom stereocenters. The molecule has 2 heteroatoms. The van der Waals surface area contributed by atoms with Crippen molar-refractivity contribution in [2.45, 2.75) is 18.1 Å². The molecule has 1 aliphatic heterocycles. The standard InChI is InChI=1S/C14H14OS/c15-13-8-7-12(14-6-3-9-16-14)10-4-1-2-5-11(10)13/h1-2,4-5,7-8,14-15H,3,6,9H2. The van der Waals surface area contributed by atoms with Gasteiger partial charge in [0, 0.05) is 10.6 Å². The highest BCUT2D eigenvalue weighted by molar-refractivity contribution is 7.99. The van der Waals surface area contributed by atoms with Gasteiger partial charge >= 0.3 is 0 Å². The molecule has 0 amide bonds. The van der Waals surface area contributed by atoms with Crippen molar-refractivity contribution >= 4 is 22.5 Å². The SMILES string of the molecule is Oc1ccc(C2CCCS2)c2ccccc12. The number of hydrogen-bond acceptors (Lipinski definition) is 2. The Kier molecular flexibility index (Phi) is 2.52. The van der Waals surface area contributed by atoms with Crippen molar-refractivity contribution in [1.29, 1.82) is 0 Å². The lowest BCUT2D eigenvalue weighted by Gasteiger charge is -2.13. The van der Waals surface area contributed by atoms with Crippen molar-refractivity contribution in [2.24, 2.45) is 0 Å². The summed E-state index contributed by atoms with van der Waals surface area (Å²) in [5.41, 5.74) is 1.39. The monoisotopic (exact) mass is 230 g/mol. The van der Waals surface area contributed by atoms with Crippen molar-refractivity contribution in [3.05, 3.63) is 42.0 Å². The Morgan fingerprint density at radius 3 is 2.62 bits per heavy atom. The number of aromatic hydroxyl groups is 1. The van der Waals surface area contributed by atoms with Gasteiger partial charge in [0.1, 0.15) is 5.75 Å². The van der Waals surface area contributed by atoms with Crippen LogP contribution in [-0.4, -0.2) is 10.9 Å². The number of fused-ring (bicyclic) bond motifs is 1. The summed E-state index contributed by atoms with van der Waals surface area (Å²) in [4.78, 5) is 0. The average Bonchev–Trinajstić information content (AvgIpc) is 2.83. The van der Waals surface area contributed by atoms with Gasteiger partial charge in [-0.2, -0.15) is 11.8 Å². The molecule has 2 aromatic carbocycles. The fraction of sp³-hybridized carbons (Fsp3) is 0.286. The first-order valence-corrected chi connectivity index (χ1v) is 6.73. The summed E-state index contributed by atoms with van der Waals surface area (Å²) in [5.74, 6) is 1.65. The Morgan fingerprint density at radius 1 is 1.06 bits per heavy atom. The smallest absolute Gasteiger partial charge is 0.123 e. The van der Waals surface area contributed by atoms with E-state index in [1.807, 2.05) is 36.0 Å². The minimum absolute atomic E-state index is 0.391. The fourth-order valence-corrected chi connectivity index (χ4v) is 3.75. The Morgan fingerprint density at radius 2 is 1.88 bits per heavy atom. The molecule has 1 aliphatic rings. The molecule has 1 nitrogen and oxygen atoms in total. The van der Waals surface area contributed by atoms with Crippen LogP contribution in [0.3, 0.4) is 0 Å². The first-order valence-electron chi connectivity index (χ1n) is 5.68. The van der Waals surface area contributed by atoms with Crippen molar-refractivity contribution < 1.29 is 5.11 Å². The first kappa shape index (κ1) is 10.0. The second-order valence-corrected chi connectivity index (χ2v) is 5.53. The Bertz CT molecular complexity index is 515. The summed E-state index contributed by atoms with van der Waals surface area (Å²) >= 11 is 2.03. The summed E-state index contributed by atoms with van der Waals surface area (Å²) in [5, 5.41) is 12.6. The van der Waals surface area contributed by atoms with Crippen LogP contribution in [-0.2, 0) is 0 Å². The van der Waals surface area contributed by atoms with E-state index in [0.29, 0.717) is 11.0 Å². The number of thioether (sulfide) groups is 1. The number of phenolic OH excluding ortho intramolecular Hbond substituents is 1. The molecule has 1 N–H and O–H groups in total. The van der Waals surface area contributed by atoms with Gasteiger partial charge in [0.15, 0.2) is 0 Å². The zero-order chi connectivity index (χ0) is 11.0. The lowest BCUT2D eigenvalue weighted by atomic mass is 9.99. The topological polar surface area (TPSA) is 20.2 Å². The third-order valence-electron chi connectivity index (χ3n) is 3.21. The highest BCUT2D eigenvalue weighted by Gasteiger charge is 2.20. The van der Waals surface area contributed by atoms with E-state index in [4.69, 9.17) is 0 Å². The van der Waals surface area contributed by atoms with Crippen molar-refractivity contribution in [3.63, 3.8) is 0 Å². The third-order valence-corrected chi connectivity index (χ3v) is 4.63. The van der Waals surface area contributed by atoms with Crippen LogP contribution in [0.4, 0.5) is 0 Å². The molecule has 1 fully saturated rings. The van der Waals surface area contributed by atoms with E-state index >= 15 is 0 Å². The molecule has 0 aliphatic carbocycles. The van der Waals surface area contributed by atoms with E-state index in [1.165, 1.54) is 29.5 Å². The van der Waals surface area contributed by atoms with E-state index < -0.39 is 0 Å². The zero-order valence-corrected chi connectivity index (χ0v) is 9.83. The molecule has 2 aromatic rings. The normalized spacial score (nSPS) is 20.4. The van der Waals surface area contributed by atoms with Crippen LogP contribution in [0.2, 0.25) is 0 Å². The highest BCUT2D eigenvalue weighted by atomic mass is 32.2. The maximum absolute atomic E-state index is 9.83. The number of hydrogen-bond donors (Lipinski definition) is 1. The van der Waals surface area contributed by atoms with Gasteiger partial charge in [-0.05, 0) is 35.6 Å². The van der Waals surface area contributed by atoms with E-state index in [0.717, 1.165) is 5.39 Å². The molecular weight excluding hydrogens is 216 g/mol. The molecule has 0 radical (unpaired) electrons. The van der Waals surface area contributed by atoms with Gasteiger partial charge in [-0.15, -0.1) is 0 Å². The lowest BCUT2D eigenvalue weighted by molar-refractivity contribution is 0.481. The molecular formula is C14H14OS. The van der Waals surface area contributed by atoms with Gasteiger partial charge in [0.2, 0.25) is 0 Å². The molecule has 1 unspecified atom stereocenters. The molecule has 0 spiro atoms. The third kappa shape index (κ3) is 1.57. The molecule has 0 aromatic heterocycles. The molecule has 0 saturated carbocycles. The Balaban J connectivity index is 2.21. The van der Waals surface area contributed by atoms with Crippen molar-refractivity contribution in [2.75, 3.05) is 5.75 Å². The van der Waals surface area contributed by atoms with Gasteiger partial charge in [-0.25, -0.2) is 0 Å². The minimum Gasteiger partial charge on any atom is -0.507 e. The Labute approximate surface area is 99.5 Å². The predicted octanol–water partition coefficient (Wildman–Crippen LogP) is 4.11. The molecule has 0 bridgehead atoms. The van der Waals surface area contributed by atoms with Crippen molar-refractivity contribution in [3.8, 4) is 5.75 Å². The number of rotatable bonds is 1. The maximum Gasteiger partial charge on any atom is 0.123 e. The lowest BCUT2D eigenvalue weighted by Crippen LogP contribution is -1.90. The largest absolute Gasteiger partial charge is 0.507 e. The van der Waals surface area contributed by atoms with Gasteiger partial charge in [0.25, 0.3) is 0 Å². The molecule has 82 valence electrons. The van der Waals surface area contributed by atoms with E-state index in [-0.39, 0.29) is 0 Å². The summed E-state index contributed by atoms with van der Waals surface area (Å²) in [6.45, 7) is 0. The van der Waals surface area contributed by atoms with Crippen molar-refractivity contribution in [1.82, 2.24) is 0 Å². The molecule has 1 saturated heterocycles. The fourth-order valence-electron chi connectivity index (χ4n) is 2.41. The number of phenols is 1. The van der Waals surface area contributed by atoms with Gasteiger partial charge in [-0.3, -0.25) is 0 Å². The van der Waals surface area contributed by atoms with E-state index in [2.05, 4.69) is 12.1 Å². The Hall–Kier alpha value is -1.15. The zero-order valence-electron chi connectivity index (χ0n) is 9.02. The van der Waals surface area contributed by atoms with Crippen LogP contribution in [0.15, 0.2) is 36.4 Å². The highest BCUT2D eigenvalue weighted by Crippen LogP contribution is 2.43. The first-order chi connectivity index (χ1) is 7.86. The summed E-state index contributed by atoms with van der Waals surface area (Å²) in [7, 11) is 0. The molecule has 16 heavy (non-hydrogen) atoms. The quantitative estimate of drug-likeness (QED) is 0.795.